The molecule has 0 saturated carbocycles. The van der Waals surface area contributed by atoms with Crippen LogP contribution in [0, 0.1) is 5.92 Å². The van der Waals surface area contributed by atoms with E-state index in [4.69, 9.17) is 0 Å². The molecule has 0 aromatic rings. The lowest BCUT2D eigenvalue weighted by Crippen LogP contribution is -2.42. The number of nitrogens with one attached hydrogen (secondary N) is 2. The molecular weight excluding hydrogens is 246 g/mol. The molecule has 0 radical (unpaired) electrons. The molecule has 0 spiro atoms. The van der Waals surface area contributed by atoms with Crippen molar-refractivity contribution in [3.63, 3.8) is 0 Å². The Kier molecular flexibility index (Phi) is 5.50. The van der Waals surface area contributed by atoms with Gasteiger partial charge in [0.15, 0.2) is 5.17 Å². The third kappa shape index (κ3) is 6.28. The number of nitrogens with zero attached hydrogens (tertiary/aromatic N) is 1. The highest BCUT2D eigenvalue weighted by atomic mass is 32.2. The molecule has 5 heteroatoms. The van der Waals surface area contributed by atoms with E-state index in [1.807, 2.05) is 20.8 Å². The van der Waals surface area contributed by atoms with Gasteiger partial charge in [-0.25, -0.2) is 0 Å². The van der Waals surface area contributed by atoms with E-state index < -0.39 is 0 Å². The van der Waals surface area contributed by atoms with Crippen molar-refractivity contribution in [2.24, 2.45) is 10.9 Å². The largest absolute Gasteiger partial charge is 0.361 e. The summed E-state index contributed by atoms with van der Waals surface area (Å²) in [6.07, 6.45) is 1.15. The molecule has 2 N–H and O–H groups in total. The second kappa shape index (κ2) is 6.45. The van der Waals surface area contributed by atoms with Crippen molar-refractivity contribution in [3.05, 3.63) is 0 Å². The van der Waals surface area contributed by atoms with E-state index in [0.717, 1.165) is 17.3 Å². The quantitative estimate of drug-likeness (QED) is 0.822. The van der Waals surface area contributed by atoms with Crippen LogP contribution < -0.4 is 10.6 Å². The topological polar surface area (TPSA) is 53.5 Å². The molecule has 0 aliphatic carbocycles. The van der Waals surface area contributed by atoms with Crippen molar-refractivity contribution in [1.82, 2.24) is 10.6 Å². The fourth-order valence-corrected chi connectivity index (χ4v) is 2.81. The highest BCUT2D eigenvalue weighted by Gasteiger charge is 2.21. The Bertz CT molecular complexity index is 321. The molecule has 1 aliphatic rings. The first-order chi connectivity index (χ1) is 8.26. The number of hydrogen-bond acceptors (Lipinski definition) is 3. The van der Waals surface area contributed by atoms with E-state index in [1.54, 1.807) is 11.8 Å². The number of carbonyl (C=O) groups excluding carboxylic acids is 1. The zero-order valence-electron chi connectivity index (χ0n) is 12.0. The maximum absolute atomic E-state index is 11.6. The monoisotopic (exact) mass is 271 g/mol. The van der Waals surface area contributed by atoms with Crippen LogP contribution in [0.1, 0.15) is 41.0 Å². The first kappa shape index (κ1) is 15.3. The van der Waals surface area contributed by atoms with Crippen molar-refractivity contribution in [3.8, 4) is 0 Å². The van der Waals surface area contributed by atoms with E-state index in [2.05, 4.69) is 29.5 Å². The lowest BCUT2D eigenvalue weighted by Gasteiger charge is -2.19. The third-order valence-corrected chi connectivity index (χ3v) is 3.47. The van der Waals surface area contributed by atoms with Crippen LogP contribution >= 0.6 is 11.8 Å². The van der Waals surface area contributed by atoms with Gasteiger partial charge in [0.2, 0.25) is 5.91 Å². The molecule has 1 fully saturated rings. The van der Waals surface area contributed by atoms with Crippen LogP contribution in [0.25, 0.3) is 0 Å². The molecule has 1 unspecified atom stereocenters. The molecule has 0 aromatic heterocycles. The van der Waals surface area contributed by atoms with Crippen molar-refractivity contribution >= 4 is 22.8 Å². The maximum atomic E-state index is 11.6. The Morgan fingerprint density at radius 1 is 1.56 bits per heavy atom. The lowest BCUT2D eigenvalue weighted by atomic mass is 10.1. The molecule has 1 amide bonds. The summed E-state index contributed by atoms with van der Waals surface area (Å²) in [5, 5.41) is 7.18. The molecule has 1 rings (SSSR count). The minimum atomic E-state index is -0.187. The minimum Gasteiger partial charge on any atom is -0.361 e. The summed E-state index contributed by atoms with van der Waals surface area (Å²) in [6, 6.07) is 0.499. The number of rotatable bonds is 4. The van der Waals surface area contributed by atoms with Crippen molar-refractivity contribution in [2.45, 2.75) is 52.6 Å². The lowest BCUT2D eigenvalue weighted by molar-refractivity contribution is -0.121. The molecule has 4 nitrogen and oxygen atoms in total. The van der Waals surface area contributed by atoms with E-state index in [1.165, 1.54) is 0 Å². The van der Waals surface area contributed by atoms with Gasteiger partial charge in [-0.3, -0.25) is 9.79 Å². The smallest absolute Gasteiger partial charge is 0.242 e. The van der Waals surface area contributed by atoms with Gasteiger partial charge in [-0.2, -0.15) is 0 Å². The maximum Gasteiger partial charge on any atom is 0.242 e. The molecule has 1 saturated heterocycles. The number of hydrogen-bond donors (Lipinski definition) is 2. The minimum absolute atomic E-state index is 0.0234. The fourth-order valence-electron chi connectivity index (χ4n) is 1.83. The summed E-state index contributed by atoms with van der Waals surface area (Å²) in [4.78, 5) is 15.9. The Labute approximate surface area is 114 Å². The Hall–Kier alpha value is -0.710. The summed E-state index contributed by atoms with van der Waals surface area (Å²) in [5.74, 6) is 1.72. The van der Waals surface area contributed by atoms with Gasteiger partial charge in [0.05, 0.1) is 0 Å². The van der Waals surface area contributed by atoms with Gasteiger partial charge in [-0.1, -0.05) is 25.6 Å². The average molecular weight is 271 g/mol. The van der Waals surface area contributed by atoms with Gasteiger partial charge in [0, 0.05) is 17.3 Å². The molecule has 1 heterocycles. The van der Waals surface area contributed by atoms with Gasteiger partial charge in [0.1, 0.15) is 6.54 Å². The summed E-state index contributed by atoms with van der Waals surface area (Å²) in [6.45, 7) is 10.6. The van der Waals surface area contributed by atoms with E-state index in [-0.39, 0.29) is 18.0 Å². The second-order valence-electron chi connectivity index (χ2n) is 6.20. The highest BCUT2D eigenvalue weighted by molar-refractivity contribution is 8.14. The Balaban J connectivity index is 2.34. The summed E-state index contributed by atoms with van der Waals surface area (Å²) < 4.78 is 0. The Morgan fingerprint density at radius 2 is 2.22 bits per heavy atom. The van der Waals surface area contributed by atoms with Gasteiger partial charge < -0.3 is 10.6 Å². The zero-order chi connectivity index (χ0) is 13.8. The molecule has 18 heavy (non-hydrogen) atoms. The summed E-state index contributed by atoms with van der Waals surface area (Å²) in [5.41, 5.74) is -0.187. The predicted octanol–water partition coefficient (Wildman–Crippen LogP) is 2.01. The van der Waals surface area contributed by atoms with Gasteiger partial charge >= 0.3 is 0 Å². The summed E-state index contributed by atoms with van der Waals surface area (Å²) >= 11 is 1.71. The standard InChI is InChI=1S/C13H25N3OS/c1-9(2)6-10-8-18-12(15-10)14-7-11(17)16-13(3,4)5/h9-10H,6-8H2,1-5H3,(H,14,15)(H,16,17). The van der Waals surface area contributed by atoms with Crippen LogP contribution in [0.5, 0.6) is 0 Å². The van der Waals surface area contributed by atoms with Gasteiger partial charge in [-0.05, 0) is 33.1 Å². The first-order valence-electron chi connectivity index (χ1n) is 6.51. The molecule has 1 aliphatic heterocycles. The van der Waals surface area contributed by atoms with Crippen LogP contribution in [-0.2, 0) is 4.79 Å². The molecule has 0 aromatic carbocycles. The van der Waals surface area contributed by atoms with E-state index in [9.17, 15) is 4.79 Å². The SMILES string of the molecule is CC(C)CC1CSC(=NCC(=O)NC(C)(C)C)N1. The average Bonchev–Trinajstić information content (AvgIpc) is 2.59. The van der Waals surface area contributed by atoms with Crippen LogP contribution in [0.2, 0.25) is 0 Å². The van der Waals surface area contributed by atoms with Gasteiger partial charge in [0.25, 0.3) is 0 Å². The van der Waals surface area contributed by atoms with Crippen LogP contribution in [0.3, 0.4) is 0 Å². The Morgan fingerprint density at radius 3 is 2.78 bits per heavy atom. The zero-order valence-corrected chi connectivity index (χ0v) is 12.9. The van der Waals surface area contributed by atoms with Crippen molar-refractivity contribution < 1.29 is 4.79 Å². The molecule has 1 atom stereocenters. The predicted molar refractivity (Wildman–Crippen MR) is 79.0 cm³/mol. The third-order valence-electron chi connectivity index (χ3n) is 2.39. The highest BCUT2D eigenvalue weighted by Crippen LogP contribution is 2.18. The van der Waals surface area contributed by atoms with Crippen LogP contribution in [0.4, 0.5) is 0 Å². The fraction of sp³-hybridized carbons (Fsp3) is 0.846. The van der Waals surface area contributed by atoms with E-state index >= 15 is 0 Å². The number of amidine groups is 1. The van der Waals surface area contributed by atoms with Crippen LogP contribution in [0.15, 0.2) is 4.99 Å². The first-order valence-corrected chi connectivity index (χ1v) is 7.49. The van der Waals surface area contributed by atoms with Crippen molar-refractivity contribution in [2.75, 3.05) is 12.3 Å². The van der Waals surface area contributed by atoms with Gasteiger partial charge in [-0.15, -0.1) is 0 Å². The number of aliphatic imine (C=N–C) groups is 1. The van der Waals surface area contributed by atoms with Crippen molar-refractivity contribution in [1.29, 1.82) is 0 Å². The second-order valence-corrected chi connectivity index (χ2v) is 7.21. The molecule has 0 bridgehead atoms. The summed E-state index contributed by atoms with van der Waals surface area (Å²) in [7, 11) is 0. The number of thioether (sulfide) groups is 1. The number of carbonyl (C=O) groups is 1. The molecule has 104 valence electrons. The van der Waals surface area contributed by atoms with Crippen LogP contribution in [-0.4, -0.2) is 35.0 Å². The number of amides is 1. The molecular formula is C13H25N3OS. The van der Waals surface area contributed by atoms with E-state index in [0.29, 0.717) is 12.0 Å². The normalized spacial score (nSPS) is 22.3.